The van der Waals surface area contributed by atoms with E-state index >= 15 is 0 Å². The Bertz CT molecular complexity index is 464. The summed E-state index contributed by atoms with van der Waals surface area (Å²) >= 11 is 6.07. The molecule has 0 saturated heterocycles. The largest absolute Gasteiger partial charge is 0.276 e. The summed E-state index contributed by atoms with van der Waals surface area (Å²) in [6.45, 7) is 0. The number of benzene rings is 1. The maximum Gasteiger partial charge on any atom is 0.0521 e. The molecular weight excluding hydrogens is 244 g/mol. The van der Waals surface area contributed by atoms with E-state index in [-0.39, 0.29) is 0 Å². The lowest BCUT2D eigenvalue weighted by molar-refractivity contribution is 0.536. The van der Waals surface area contributed by atoms with Gasteiger partial charge in [-0.3, -0.25) is 4.68 Å². The Hall–Kier alpha value is -1.28. The average molecular weight is 263 g/mol. The number of nitrogens with zero attached hydrogens (tertiary/aromatic N) is 2. The molecule has 0 aliphatic rings. The summed E-state index contributed by atoms with van der Waals surface area (Å²) in [4.78, 5) is 0. The zero-order chi connectivity index (χ0) is 12.8. The van der Waals surface area contributed by atoms with Gasteiger partial charge in [-0.2, -0.15) is 5.10 Å². The van der Waals surface area contributed by atoms with Crippen molar-refractivity contribution >= 4 is 11.6 Å². The van der Waals surface area contributed by atoms with Gasteiger partial charge in [0.1, 0.15) is 0 Å². The Kier molecular flexibility index (Phi) is 4.82. The van der Waals surface area contributed by atoms with E-state index in [1.807, 2.05) is 17.9 Å². The highest BCUT2D eigenvalue weighted by molar-refractivity contribution is 6.18. The molecule has 1 heterocycles. The monoisotopic (exact) mass is 262 g/mol. The number of halogens is 1. The van der Waals surface area contributed by atoms with Gasteiger partial charge in [0.05, 0.1) is 6.20 Å². The minimum Gasteiger partial charge on any atom is -0.276 e. The van der Waals surface area contributed by atoms with E-state index in [0.717, 1.165) is 25.1 Å². The summed E-state index contributed by atoms with van der Waals surface area (Å²) in [6.07, 6.45) is 7.24. The lowest BCUT2D eigenvalue weighted by Gasteiger charge is -2.13. The van der Waals surface area contributed by atoms with Crippen LogP contribution in [-0.2, 0) is 19.9 Å². The molecule has 2 nitrogen and oxygen atoms in total. The zero-order valence-electron chi connectivity index (χ0n) is 10.7. The highest BCUT2D eigenvalue weighted by Crippen LogP contribution is 2.16. The molecule has 1 aromatic carbocycles. The standard InChI is InChI=1S/C15H19ClN2/c1-18-12-15(11-17-18)8-7-14(10-16)9-13-5-3-2-4-6-13/h2-6,11-12,14H,7-10H2,1H3. The van der Waals surface area contributed by atoms with E-state index in [0.29, 0.717) is 5.92 Å². The molecule has 0 amide bonds. The first kappa shape index (κ1) is 13.2. The summed E-state index contributed by atoms with van der Waals surface area (Å²) in [6, 6.07) is 10.6. The first-order valence-electron chi connectivity index (χ1n) is 6.35. The van der Waals surface area contributed by atoms with E-state index in [2.05, 4.69) is 41.6 Å². The van der Waals surface area contributed by atoms with Crippen LogP contribution in [0.4, 0.5) is 0 Å². The lowest BCUT2D eigenvalue weighted by atomic mass is 9.95. The van der Waals surface area contributed by atoms with Crippen LogP contribution in [0.1, 0.15) is 17.5 Å². The maximum absolute atomic E-state index is 6.07. The normalized spacial score (nSPS) is 12.6. The molecule has 0 radical (unpaired) electrons. The summed E-state index contributed by atoms with van der Waals surface area (Å²) in [7, 11) is 1.95. The predicted octanol–water partition coefficient (Wildman–Crippen LogP) is 3.45. The van der Waals surface area contributed by atoms with Gasteiger partial charge in [-0.15, -0.1) is 11.6 Å². The van der Waals surface area contributed by atoms with Gasteiger partial charge in [-0.05, 0) is 36.3 Å². The fourth-order valence-electron chi connectivity index (χ4n) is 2.15. The molecule has 0 spiro atoms. The zero-order valence-corrected chi connectivity index (χ0v) is 11.5. The molecular formula is C15H19ClN2. The van der Waals surface area contributed by atoms with E-state index in [4.69, 9.17) is 11.6 Å². The second kappa shape index (κ2) is 6.60. The average Bonchev–Trinajstić information content (AvgIpc) is 2.81. The summed E-state index contributed by atoms with van der Waals surface area (Å²) in [5, 5.41) is 4.19. The van der Waals surface area contributed by atoms with Crippen molar-refractivity contribution in [3.8, 4) is 0 Å². The van der Waals surface area contributed by atoms with Gasteiger partial charge < -0.3 is 0 Å². The highest BCUT2D eigenvalue weighted by Gasteiger charge is 2.09. The molecule has 0 fully saturated rings. The Morgan fingerprint density at radius 3 is 2.61 bits per heavy atom. The topological polar surface area (TPSA) is 17.8 Å². The van der Waals surface area contributed by atoms with Gasteiger partial charge in [-0.25, -0.2) is 0 Å². The molecule has 1 unspecified atom stereocenters. The molecule has 0 bridgehead atoms. The molecule has 2 rings (SSSR count). The van der Waals surface area contributed by atoms with E-state index in [1.165, 1.54) is 11.1 Å². The van der Waals surface area contributed by atoms with Gasteiger partial charge in [0.15, 0.2) is 0 Å². The first-order valence-corrected chi connectivity index (χ1v) is 6.89. The second-order valence-corrected chi connectivity index (χ2v) is 5.08. The second-order valence-electron chi connectivity index (χ2n) is 4.77. The van der Waals surface area contributed by atoms with Crippen LogP contribution in [0.15, 0.2) is 42.7 Å². The van der Waals surface area contributed by atoms with Crippen LogP contribution >= 0.6 is 11.6 Å². The van der Waals surface area contributed by atoms with Gasteiger partial charge in [0.25, 0.3) is 0 Å². The van der Waals surface area contributed by atoms with Crippen LogP contribution in [0.3, 0.4) is 0 Å². The predicted molar refractivity (Wildman–Crippen MR) is 75.9 cm³/mol. The summed E-state index contributed by atoms with van der Waals surface area (Å²) in [5.41, 5.74) is 2.66. The van der Waals surface area contributed by atoms with Gasteiger partial charge >= 0.3 is 0 Å². The molecule has 0 aliphatic carbocycles. The van der Waals surface area contributed by atoms with E-state index < -0.39 is 0 Å². The van der Waals surface area contributed by atoms with E-state index in [9.17, 15) is 0 Å². The summed E-state index contributed by atoms with van der Waals surface area (Å²) in [5.74, 6) is 1.25. The molecule has 18 heavy (non-hydrogen) atoms. The molecule has 0 N–H and O–H groups in total. The third-order valence-electron chi connectivity index (χ3n) is 3.19. The number of rotatable bonds is 6. The number of alkyl halides is 1. The maximum atomic E-state index is 6.07. The van der Waals surface area contributed by atoms with Crippen molar-refractivity contribution < 1.29 is 0 Å². The van der Waals surface area contributed by atoms with Crippen molar-refractivity contribution in [2.45, 2.75) is 19.3 Å². The Morgan fingerprint density at radius 1 is 1.22 bits per heavy atom. The van der Waals surface area contributed by atoms with Crippen LogP contribution in [0, 0.1) is 5.92 Å². The van der Waals surface area contributed by atoms with Crippen molar-refractivity contribution in [1.82, 2.24) is 9.78 Å². The third kappa shape index (κ3) is 3.88. The van der Waals surface area contributed by atoms with Crippen molar-refractivity contribution in [2.24, 2.45) is 13.0 Å². The number of hydrogen-bond acceptors (Lipinski definition) is 1. The highest BCUT2D eigenvalue weighted by atomic mass is 35.5. The van der Waals surface area contributed by atoms with Crippen LogP contribution < -0.4 is 0 Å². The first-order chi connectivity index (χ1) is 8.78. The van der Waals surface area contributed by atoms with E-state index in [1.54, 1.807) is 0 Å². The Morgan fingerprint density at radius 2 is 2.00 bits per heavy atom. The number of aromatic nitrogens is 2. The molecule has 1 aromatic heterocycles. The fraction of sp³-hybridized carbons (Fsp3) is 0.400. The molecule has 1 atom stereocenters. The van der Waals surface area contributed by atoms with Crippen molar-refractivity contribution in [1.29, 1.82) is 0 Å². The van der Waals surface area contributed by atoms with Crippen molar-refractivity contribution in [3.05, 3.63) is 53.9 Å². The quantitative estimate of drug-likeness (QED) is 0.729. The van der Waals surface area contributed by atoms with Crippen molar-refractivity contribution in [3.63, 3.8) is 0 Å². The minimum atomic E-state index is 0.536. The minimum absolute atomic E-state index is 0.536. The van der Waals surface area contributed by atoms with Crippen LogP contribution in [0.5, 0.6) is 0 Å². The molecule has 96 valence electrons. The van der Waals surface area contributed by atoms with Gasteiger partial charge in [0, 0.05) is 19.1 Å². The smallest absolute Gasteiger partial charge is 0.0521 e. The van der Waals surface area contributed by atoms with Crippen LogP contribution in [0.25, 0.3) is 0 Å². The molecule has 0 saturated carbocycles. The van der Waals surface area contributed by atoms with Crippen LogP contribution in [-0.4, -0.2) is 15.7 Å². The fourth-order valence-corrected chi connectivity index (χ4v) is 2.42. The molecule has 2 aromatic rings. The van der Waals surface area contributed by atoms with Crippen molar-refractivity contribution in [2.75, 3.05) is 5.88 Å². The lowest BCUT2D eigenvalue weighted by Crippen LogP contribution is -2.07. The number of aryl methyl sites for hydroxylation is 2. The molecule has 0 aliphatic heterocycles. The third-order valence-corrected chi connectivity index (χ3v) is 3.62. The van der Waals surface area contributed by atoms with Gasteiger partial charge in [0.2, 0.25) is 0 Å². The van der Waals surface area contributed by atoms with Gasteiger partial charge in [-0.1, -0.05) is 30.3 Å². The Labute approximate surface area is 114 Å². The summed E-state index contributed by atoms with van der Waals surface area (Å²) < 4.78 is 1.85. The SMILES string of the molecule is Cn1cc(CCC(CCl)Cc2ccccc2)cn1. The number of hydrogen-bond donors (Lipinski definition) is 0. The molecule has 3 heteroatoms. The van der Waals surface area contributed by atoms with Crippen LogP contribution in [0.2, 0.25) is 0 Å². The Balaban J connectivity index is 1.86.